The van der Waals surface area contributed by atoms with E-state index in [1.807, 2.05) is 0 Å². The fourth-order valence-corrected chi connectivity index (χ4v) is 1.81. The Balaban J connectivity index is 2.60. The van der Waals surface area contributed by atoms with Gasteiger partial charge in [0.05, 0.1) is 10.7 Å². The summed E-state index contributed by atoms with van der Waals surface area (Å²) in [6.45, 7) is 0. The Kier molecular flexibility index (Phi) is 3.06. The predicted octanol–water partition coefficient (Wildman–Crippen LogP) is 2.49. The van der Waals surface area contributed by atoms with Crippen molar-refractivity contribution in [3.05, 3.63) is 39.2 Å². The highest BCUT2D eigenvalue weighted by atomic mass is 79.9. The van der Waals surface area contributed by atoms with Gasteiger partial charge in [-0.25, -0.2) is 14.5 Å². The topological polar surface area (TPSA) is 68.0 Å². The first-order valence-electron chi connectivity index (χ1n) is 4.17. The normalized spacial score (nSPS) is 10.4. The first-order chi connectivity index (χ1) is 7.58. The molecule has 7 heteroatoms. The number of carbonyl (C=O) groups is 1. The zero-order valence-corrected chi connectivity index (χ0v) is 10.9. The van der Waals surface area contributed by atoms with Crippen LogP contribution in [0.3, 0.4) is 0 Å². The molecule has 0 aliphatic carbocycles. The van der Waals surface area contributed by atoms with Crippen LogP contribution in [-0.4, -0.2) is 25.8 Å². The van der Waals surface area contributed by atoms with Gasteiger partial charge >= 0.3 is 5.97 Å². The highest BCUT2D eigenvalue weighted by molar-refractivity contribution is 9.10. The zero-order chi connectivity index (χ0) is 11.7. The van der Waals surface area contributed by atoms with E-state index in [1.54, 1.807) is 12.4 Å². The minimum absolute atomic E-state index is 0.0879. The van der Waals surface area contributed by atoms with Gasteiger partial charge in [0.25, 0.3) is 0 Å². The van der Waals surface area contributed by atoms with E-state index in [0.717, 1.165) is 4.47 Å². The molecule has 0 amide bonds. The molecule has 0 radical (unpaired) electrons. The highest BCUT2D eigenvalue weighted by Crippen LogP contribution is 2.18. The summed E-state index contributed by atoms with van der Waals surface area (Å²) in [6, 6.07) is 1.49. The summed E-state index contributed by atoms with van der Waals surface area (Å²) in [5, 5.41) is 13.0. The van der Waals surface area contributed by atoms with Gasteiger partial charge in [0.1, 0.15) is 5.56 Å². The smallest absolute Gasteiger partial charge is 0.339 e. The molecule has 2 heterocycles. The van der Waals surface area contributed by atoms with Gasteiger partial charge in [-0.1, -0.05) is 0 Å². The van der Waals surface area contributed by atoms with Crippen LogP contribution in [-0.2, 0) is 0 Å². The van der Waals surface area contributed by atoms with Crippen LogP contribution in [0.15, 0.2) is 33.6 Å². The molecule has 0 aliphatic heterocycles. The molecule has 5 nitrogen and oxygen atoms in total. The molecule has 0 unspecified atom stereocenters. The number of carboxylic acid groups (broad SMARTS) is 1. The Labute approximate surface area is 107 Å². The van der Waals surface area contributed by atoms with Crippen molar-refractivity contribution in [2.24, 2.45) is 0 Å². The van der Waals surface area contributed by atoms with Gasteiger partial charge in [-0.15, -0.1) is 0 Å². The summed E-state index contributed by atoms with van der Waals surface area (Å²) in [5.41, 5.74) is 0.0879. The first-order valence-corrected chi connectivity index (χ1v) is 5.76. The van der Waals surface area contributed by atoms with Gasteiger partial charge in [-0.2, -0.15) is 5.10 Å². The molecule has 0 aliphatic rings. The van der Waals surface area contributed by atoms with Crippen LogP contribution in [0.2, 0.25) is 0 Å². The lowest BCUT2D eigenvalue weighted by Gasteiger charge is -2.04. The number of aromatic nitrogens is 3. The van der Waals surface area contributed by atoms with Crippen molar-refractivity contribution >= 4 is 37.8 Å². The third-order valence-corrected chi connectivity index (χ3v) is 2.67. The second-order valence-electron chi connectivity index (χ2n) is 2.93. The fourth-order valence-electron chi connectivity index (χ4n) is 1.19. The Morgan fingerprint density at radius 1 is 1.31 bits per heavy atom. The SMILES string of the molecule is O=C(O)c1cc(Br)cnc1-n1cc(Br)cn1. The van der Waals surface area contributed by atoms with Crippen molar-refractivity contribution in [1.82, 2.24) is 14.8 Å². The predicted molar refractivity (Wildman–Crippen MR) is 63.7 cm³/mol. The lowest BCUT2D eigenvalue weighted by molar-refractivity contribution is 0.0696. The number of hydrogen-bond acceptors (Lipinski definition) is 3. The van der Waals surface area contributed by atoms with E-state index in [2.05, 4.69) is 41.9 Å². The largest absolute Gasteiger partial charge is 0.478 e. The van der Waals surface area contributed by atoms with E-state index >= 15 is 0 Å². The third kappa shape index (κ3) is 2.14. The standard InChI is InChI=1S/C9H5Br2N3O2/c10-5-1-7(9(15)16)8(12-2-5)14-4-6(11)3-13-14/h1-4H,(H,15,16). The van der Waals surface area contributed by atoms with Gasteiger partial charge in [0.2, 0.25) is 0 Å². The molecule has 0 atom stereocenters. The monoisotopic (exact) mass is 345 g/mol. The number of nitrogens with zero attached hydrogens (tertiary/aromatic N) is 3. The van der Waals surface area contributed by atoms with E-state index in [1.165, 1.54) is 16.9 Å². The maximum Gasteiger partial charge on any atom is 0.339 e. The van der Waals surface area contributed by atoms with Crippen molar-refractivity contribution in [3.63, 3.8) is 0 Å². The zero-order valence-electron chi connectivity index (χ0n) is 7.76. The molecule has 0 saturated carbocycles. The molecular formula is C9H5Br2N3O2. The summed E-state index contributed by atoms with van der Waals surface area (Å²) < 4.78 is 2.77. The summed E-state index contributed by atoms with van der Waals surface area (Å²) >= 11 is 6.42. The molecule has 16 heavy (non-hydrogen) atoms. The van der Waals surface area contributed by atoms with E-state index in [4.69, 9.17) is 5.11 Å². The van der Waals surface area contributed by atoms with Crippen LogP contribution in [0.25, 0.3) is 5.82 Å². The van der Waals surface area contributed by atoms with Crippen LogP contribution in [0.5, 0.6) is 0 Å². The number of hydrogen-bond donors (Lipinski definition) is 1. The molecule has 2 rings (SSSR count). The fraction of sp³-hybridized carbons (Fsp3) is 0. The van der Waals surface area contributed by atoms with E-state index in [-0.39, 0.29) is 11.4 Å². The maximum atomic E-state index is 11.0. The highest BCUT2D eigenvalue weighted by Gasteiger charge is 2.14. The number of pyridine rings is 1. The van der Waals surface area contributed by atoms with E-state index in [0.29, 0.717) is 4.47 Å². The van der Waals surface area contributed by atoms with Gasteiger partial charge in [-0.05, 0) is 37.9 Å². The molecule has 82 valence electrons. The molecule has 2 aromatic heterocycles. The number of aromatic carboxylic acids is 1. The molecule has 0 aromatic carbocycles. The summed E-state index contributed by atoms with van der Waals surface area (Å²) in [7, 11) is 0. The van der Waals surface area contributed by atoms with Crippen molar-refractivity contribution < 1.29 is 9.90 Å². The first kappa shape index (κ1) is 11.3. The molecule has 0 fully saturated rings. The minimum Gasteiger partial charge on any atom is -0.478 e. The number of halogens is 2. The van der Waals surface area contributed by atoms with Crippen LogP contribution >= 0.6 is 31.9 Å². The van der Waals surface area contributed by atoms with Crippen LogP contribution in [0, 0.1) is 0 Å². The van der Waals surface area contributed by atoms with Crippen molar-refractivity contribution in [2.45, 2.75) is 0 Å². The second-order valence-corrected chi connectivity index (χ2v) is 4.76. The molecule has 0 spiro atoms. The van der Waals surface area contributed by atoms with Gasteiger partial charge < -0.3 is 5.11 Å². The quantitative estimate of drug-likeness (QED) is 0.907. The van der Waals surface area contributed by atoms with Crippen LogP contribution in [0.1, 0.15) is 10.4 Å². The van der Waals surface area contributed by atoms with Gasteiger partial charge in [-0.3, -0.25) is 0 Å². The van der Waals surface area contributed by atoms with E-state index < -0.39 is 5.97 Å². The Hall–Kier alpha value is -1.21. The average molecular weight is 347 g/mol. The second kappa shape index (κ2) is 4.34. The van der Waals surface area contributed by atoms with Crippen LogP contribution < -0.4 is 0 Å². The lowest BCUT2D eigenvalue weighted by Crippen LogP contribution is -2.08. The molecule has 1 N–H and O–H groups in total. The van der Waals surface area contributed by atoms with Gasteiger partial charge in [0.15, 0.2) is 5.82 Å². The molecule has 0 saturated heterocycles. The molecule has 0 bridgehead atoms. The van der Waals surface area contributed by atoms with E-state index in [9.17, 15) is 4.79 Å². The molecular weight excluding hydrogens is 342 g/mol. The lowest BCUT2D eigenvalue weighted by atomic mass is 10.2. The molecule has 2 aromatic rings. The summed E-state index contributed by atoms with van der Waals surface area (Å²) in [5.74, 6) is -0.767. The van der Waals surface area contributed by atoms with Crippen molar-refractivity contribution in [2.75, 3.05) is 0 Å². The summed E-state index contributed by atoms with van der Waals surface area (Å²) in [6.07, 6.45) is 4.73. The average Bonchev–Trinajstić information content (AvgIpc) is 2.64. The maximum absolute atomic E-state index is 11.0. The Morgan fingerprint density at radius 2 is 2.06 bits per heavy atom. The van der Waals surface area contributed by atoms with Crippen molar-refractivity contribution in [1.29, 1.82) is 0 Å². The number of rotatable bonds is 2. The van der Waals surface area contributed by atoms with Gasteiger partial charge in [0, 0.05) is 16.9 Å². The minimum atomic E-state index is -1.05. The number of carboxylic acids is 1. The third-order valence-electron chi connectivity index (χ3n) is 1.83. The Bertz CT molecular complexity index is 553. The van der Waals surface area contributed by atoms with Crippen LogP contribution in [0.4, 0.5) is 0 Å². The Morgan fingerprint density at radius 3 is 2.62 bits per heavy atom. The van der Waals surface area contributed by atoms with Crippen molar-refractivity contribution in [3.8, 4) is 5.82 Å². The summed E-state index contributed by atoms with van der Waals surface area (Å²) in [4.78, 5) is 15.1.